The van der Waals surface area contributed by atoms with Gasteiger partial charge >= 0.3 is 0 Å². The molecule has 3 nitrogen and oxygen atoms in total. The zero-order chi connectivity index (χ0) is 20.2. The summed E-state index contributed by atoms with van der Waals surface area (Å²) in [6, 6.07) is 14.8. The lowest BCUT2D eigenvalue weighted by Gasteiger charge is -2.41. The summed E-state index contributed by atoms with van der Waals surface area (Å²) >= 11 is 0. The van der Waals surface area contributed by atoms with Crippen molar-refractivity contribution in [2.24, 2.45) is 0 Å². The Morgan fingerprint density at radius 3 is 2.48 bits per heavy atom. The molecule has 4 rings (SSSR count). The fourth-order valence-electron chi connectivity index (χ4n) is 4.99. The molecule has 0 amide bonds. The minimum absolute atomic E-state index is 0.131. The summed E-state index contributed by atoms with van der Waals surface area (Å²) in [5.41, 5.74) is 5.50. The molecule has 2 aromatic carbocycles. The van der Waals surface area contributed by atoms with Gasteiger partial charge in [0.15, 0.2) is 0 Å². The molecule has 0 unspecified atom stereocenters. The standard InChI is InChI=1S/C25H34FN3/c1-3-28(4-2)25-9-8-22-19-29(15-10-21(22)17-25)24-11-13-27(14-12-24)18-20-6-5-7-23(26)16-20/h5-9,16-17,24H,3-4,10-15,18-19H2,1-2H3. The molecule has 0 aliphatic carbocycles. The zero-order valence-electron chi connectivity index (χ0n) is 17.9. The fourth-order valence-corrected chi connectivity index (χ4v) is 4.99. The second kappa shape index (κ2) is 9.27. The first-order chi connectivity index (χ1) is 14.2. The third kappa shape index (κ3) is 4.81. The van der Waals surface area contributed by atoms with Crippen LogP contribution in [0, 0.1) is 5.82 Å². The van der Waals surface area contributed by atoms with Crippen molar-refractivity contribution in [3.8, 4) is 0 Å². The number of rotatable bonds is 6. The van der Waals surface area contributed by atoms with Crippen molar-refractivity contribution in [3.63, 3.8) is 0 Å². The molecule has 4 heteroatoms. The maximum Gasteiger partial charge on any atom is 0.123 e. The van der Waals surface area contributed by atoms with E-state index >= 15 is 0 Å². The summed E-state index contributed by atoms with van der Waals surface area (Å²) in [6.07, 6.45) is 3.58. The van der Waals surface area contributed by atoms with E-state index < -0.39 is 0 Å². The molecular weight excluding hydrogens is 361 g/mol. The molecule has 2 aliphatic heterocycles. The number of piperidine rings is 1. The van der Waals surface area contributed by atoms with Gasteiger partial charge in [-0.25, -0.2) is 4.39 Å². The maximum absolute atomic E-state index is 13.4. The molecule has 0 bridgehead atoms. The lowest BCUT2D eigenvalue weighted by Crippen LogP contribution is -2.46. The highest BCUT2D eigenvalue weighted by atomic mass is 19.1. The zero-order valence-corrected chi connectivity index (χ0v) is 17.9. The van der Waals surface area contributed by atoms with Crippen molar-refractivity contribution in [1.29, 1.82) is 0 Å². The van der Waals surface area contributed by atoms with Crippen LogP contribution >= 0.6 is 0 Å². The molecule has 0 atom stereocenters. The minimum atomic E-state index is -0.131. The first kappa shape index (κ1) is 20.4. The smallest absolute Gasteiger partial charge is 0.123 e. The van der Waals surface area contributed by atoms with Gasteiger partial charge in [0.2, 0.25) is 0 Å². The fraction of sp³-hybridized carbons (Fsp3) is 0.520. The van der Waals surface area contributed by atoms with E-state index in [1.807, 2.05) is 12.1 Å². The van der Waals surface area contributed by atoms with Gasteiger partial charge in [-0.05, 0) is 87.2 Å². The van der Waals surface area contributed by atoms with E-state index in [1.165, 1.54) is 42.3 Å². The molecule has 2 heterocycles. The Balaban J connectivity index is 1.32. The third-order valence-corrected chi connectivity index (χ3v) is 6.73. The van der Waals surface area contributed by atoms with Crippen LogP contribution in [0.5, 0.6) is 0 Å². The van der Waals surface area contributed by atoms with Crippen LogP contribution in [0.3, 0.4) is 0 Å². The number of fused-ring (bicyclic) bond motifs is 1. The van der Waals surface area contributed by atoms with Crippen molar-refractivity contribution in [3.05, 3.63) is 65.0 Å². The molecule has 0 spiro atoms. The number of nitrogens with zero attached hydrogens (tertiary/aromatic N) is 3. The number of halogens is 1. The van der Waals surface area contributed by atoms with Gasteiger partial charge < -0.3 is 4.90 Å². The normalized spacial score (nSPS) is 18.6. The van der Waals surface area contributed by atoms with Crippen LogP contribution in [-0.2, 0) is 19.5 Å². The van der Waals surface area contributed by atoms with Gasteiger partial charge in [0.25, 0.3) is 0 Å². The van der Waals surface area contributed by atoms with Crippen molar-refractivity contribution in [2.75, 3.05) is 37.6 Å². The van der Waals surface area contributed by atoms with Gasteiger partial charge in [-0.15, -0.1) is 0 Å². The molecule has 0 N–H and O–H groups in total. The number of likely N-dealkylation sites (tertiary alicyclic amines) is 1. The Morgan fingerprint density at radius 2 is 1.76 bits per heavy atom. The monoisotopic (exact) mass is 395 g/mol. The summed E-state index contributed by atoms with van der Waals surface area (Å²) < 4.78 is 13.4. The second-order valence-corrected chi connectivity index (χ2v) is 8.48. The van der Waals surface area contributed by atoms with E-state index in [-0.39, 0.29) is 5.82 Å². The van der Waals surface area contributed by atoms with E-state index in [2.05, 4.69) is 46.7 Å². The highest BCUT2D eigenvalue weighted by Gasteiger charge is 2.27. The largest absolute Gasteiger partial charge is 0.372 e. The van der Waals surface area contributed by atoms with Gasteiger partial charge in [0, 0.05) is 44.5 Å². The quantitative estimate of drug-likeness (QED) is 0.702. The van der Waals surface area contributed by atoms with Crippen molar-refractivity contribution < 1.29 is 4.39 Å². The van der Waals surface area contributed by atoms with Gasteiger partial charge in [-0.3, -0.25) is 9.80 Å². The van der Waals surface area contributed by atoms with Crippen LogP contribution in [0.15, 0.2) is 42.5 Å². The lowest BCUT2D eigenvalue weighted by atomic mass is 9.94. The number of hydrogen-bond donors (Lipinski definition) is 0. The Bertz CT molecular complexity index is 809. The molecule has 0 aromatic heterocycles. The highest BCUT2D eigenvalue weighted by Crippen LogP contribution is 2.28. The summed E-state index contributed by atoms with van der Waals surface area (Å²) in [7, 11) is 0. The summed E-state index contributed by atoms with van der Waals surface area (Å²) in [5, 5.41) is 0. The van der Waals surface area contributed by atoms with Crippen LogP contribution in [0.25, 0.3) is 0 Å². The van der Waals surface area contributed by atoms with Crippen molar-refractivity contribution in [2.45, 2.75) is 52.2 Å². The lowest BCUT2D eigenvalue weighted by molar-refractivity contribution is 0.0949. The molecule has 1 fully saturated rings. The minimum Gasteiger partial charge on any atom is -0.372 e. The predicted molar refractivity (Wildman–Crippen MR) is 119 cm³/mol. The topological polar surface area (TPSA) is 9.72 Å². The highest BCUT2D eigenvalue weighted by molar-refractivity contribution is 5.51. The van der Waals surface area contributed by atoms with E-state index in [0.29, 0.717) is 6.04 Å². The molecule has 2 aromatic rings. The van der Waals surface area contributed by atoms with Crippen LogP contribution in [0.4, 0.5) is 10.1 Å². The Kier molecular flexibility index (Phi) is 6.51. The van der Waals surface area contributed by atoms with Gasteiger partial charge in [0.1, 0.15) is 5.82 Å². The second-order valence-electron chi connectivity index (χ2n) is 8.48. The van der Waals surface area contributed by atoms with E-state index in [0.717, 1.165) is 51.3 Å². The summed E-state index contributed by atoms with van der Waals surface area (Å²) in [6.45, 7) is 11.9. The first-order valence-corrected chi connectivity index (χ1v) is 11.2. The van der Waals surface area contributed by atoms with E-state index in [9.17, 15) is 4.39 Å². The maximum atomic E-state index is 13.4. The SMILES string of the molecule is CCN(CC)c1ccc2c(c1)CCN(C1CCN(Cc3cccc(F)c3)CC1)C2. The Hall–Kier alpha value is -1.91. The summed E-state index contributed by atoms with van der Waals surface area (Å²) in [4.78, 5) is 7.60. The molecular formula is C25H34FN3. The van der Waals surface area contributed by atoms with Crippen LogP contribution in [0.1, 0.15) is 43.4 Å². The first-order valence-electron chi connectivity index (χ1n) is 11.2. The summed E-state index contributed by atoms with van der Waals surface area (Å²) in [5.74, 6) is -0.131. The van der Waals surface area contributed by atoms with E-state index in [1.54, 1.807) is 6.07 Å². The third-order valence-electron chi connectivity index (χ3n) is 6.73. The average Bonchev–Trinajstić information content (AvgIpc) is 2.75. The molecule has 2 aliphatic rings. The van der Waals surface area contributed by atoms with Crippen molar-refractivity contribution >= 4 is 5.69 Å². The number of anilines is 1. The van der Waals surface area contributed by atoms with Crippen LogP contribution in [0.2, 0.25) is 0 Å². The molecule has 0 radical (unpaired) electrons. The Morgan fingerprint density at radius 1 is 0.966 bits per heavy atom. The van der Waals surface area contributed by atoms with Gasteiger partial charge in [-0.2, -0.15) is 0 Å². The average molecular weight is 396 g/mol. The number of hydrogen-bond acceptors (Lipinski definition) is 3. The predicted octanol–water partition coefficient (Wildman–Crippen LogP) is 4.69. The van der Waals surface area contributed by atoms with Crippen LogP contribution < -0.4 is 4.90 Å². The molecule has 0 saturated carbocycles. The van der Waals surface area contributed by atoms with Crippen molar-refractivity contribution in [1.82, 2.24) is 9.80 Å². The van der Waals surface area contributed by atoms with Crippen LogP contribution in [-0.4, -0.2) is 48.6 Å². The van der Waals surface area contributed by atoms with Gasteiger partial charge in [0.05, 0.1) is 0 Å². The molecule has 1 saturated heterocycles. The van der Waals surface area contributed by atoms with E-state index in [4.69, 9.17) is 0 Å². The van der Waals surface area contributed by atoms with Gasteiger partial charge in [-0.1, -0.05) is 18.2 Å². The number of benzene rings is 2. The Labute approximate surface area is 175 Å². The molecule has 29 heavy (non-hydrogen) atoms. The molecule has 156 valence electrons.